The molecule has 1 aromatic heterocycles. The summed E-state index contributed by atoms with van der Waals surface area (Å²) in [5.41, 5.74) is 4.78. The van der Waals surface area contributed by atoms with Gasteiger partial charge in [-0.3, -0.25) is 4.90 Å². The molecule has 0 amide bonds. The van der Waals surface area contributed by atoms with Crippen LogP contribution < -0.4 is 0 Å². The fraction of sp³-hybridized carbons (Fsp3) is 0.524. The maximum atomic E-state index is 10.2. The van der Waals surface area contributed by atoms with Crippen molar-refractivity contribution in [3.8, 4) is 5.75 Å². The van der Waals surface area contributed by atoms with Crippen molar-refractivity contribution in [1.29, 1.82) is 0 Å². The van der Waals surface area contributed by atoms with Crippen molar-refractivity contribution in [2.24, 2.45) is 18.9 Å². The SMILES string of the molecule is C/C=C(/CO)[C@H]1C[C@H]2c3c(c4cc(O)ccc4n3C)C[C@@H](C1CO)N2C. The highest BCUT2D eigenvalue weighted by atomic mass is 16.3. The summed E-state index contributed by atoms with van der Waals surface area (Å²) in [7, 11) is 4.25. The van der Waals surface area contributed by atoms with Crippen LogP contribution in [-0.2, 0) is 13.5 Å². The Kier molecular flexibility index (Phi) is 4.34. The van der Waals surface area contributed by atoms with E-state index < -0.39 is 0 Å². The Balaban J connectivity index is 1.89. The van der Waals surface area contributed by atoms with Gasteiger partial charge < -0.3 is 19.9 Å². The second kappa shape index (κ2) is 6.41. The number of piperidine rings is 1. The number of benzene rings is 1. The molecule has 1 unspecified atom stereocenters. The van der Waals surface area contributed by atoms with E-state index in [-0.39, 0.29) is 37.1 Å². The van der Waals surface area contributed by atoms with Crippen LogP contribution in [0.1, 0.15) is 30.6 Å². The van der Waals surface area contributed by atoms with Crippen LogP contribution >= 0.6 is 0 Å². The highest BCUT2D eigenvalue weighted by molar-refractivity contribution is 5.87. The summed E-state index contributed by atoms with van der Waals surface area (Å²) >= 11 is 0. The van der Waals surface area contributed by atoms with E-state index in [9.17, 15) is 15.3 Å². The number of aromatic nitrogens is 1. The summed E-state index contributed by atoms with van der Waals surface area (Å²) in [4.78, 5) is 2.41. The van der Waals surface area contributed by atoms with Gasteiger partial charge in [0.25, 0.3) is 0 Å². The fourth-order valence-corrected chi connectivity index (χ4v) is 5.46. The number of aromatic hydroxyl groups is 1. The maximum absolute atomic E-state index is 10.2. The Morgan fingerprint density at radius 3 is 2.69 bits per heavy atom. The summed E-state index contributed by atoms with van der Waals surface area (Å²) in [5.74, 6) is 0.596. The van der Waals surface area contributed by atoms with Gasteiger partial charge in [-0.2, -0.15) is 0 Å². The van der Waals surface area contributed by atoms with E-state index in [1.54, 1.807) is 6.07 Å². The van der Waals surface area contributed by atoms with Crippen LogP contribution in [0.4, 0.5) is 0 Å². The molecule has 3 N–H and O–H groups in total. The molecule has 1 aromatic carbocycles. The highest BCUT2D eigenvalue weighted by Crippen LogP contribution is 2.50. The molecule has 2 bridgehead atoms. The van der Waals surface area contributed by atoms with Crippen LogP contribution in [0.5, 0.6) is 5.75 Å². The third-order valence-corrected chi connectivity index (χ3v) is 6.81. The van der Waals surface area contributed by atoms with Gasteiger partial charge >= 0.3 is 0 Å². The summed E-state index contributed by atoms with van der Waals surface area (Å²) in [6, 6.07) is 6.07. The number of aryl methyl sites for hydroxylation is 1. The smallest absolute Gasteiger partial charge is 0.116 e. The topological polar surface area (TPSA) is 68.9 Å². The molecule has 5 nitrogen and oxygen atoms in total. The van der Waals surface area contributed by atoms with E-state index >= 15 is 0 Å². The molecular formula is C21H28N2O3. The molecule has 4 atom stereocenters. The van der Waals surface area contributed by atoms with E-state index in [2.05, 4.69) is 23.6 Å². The third-order valence-electron chi connectivity index (χ3n) is 6.81. The number of fused-ring (bicyclic) bond motifs is 6. The highest BCUT2D eigenvalue weighted by Gasteiger charge is 2.47. The first-order valence-corrected chi connectivity index (χ1v) is 9.40. The van der Waals surface area contributed by atoms with Crippen molar-refractivity contribution in [3.05, 3.63) is 41.1 Å². The Morgan fingerprint density at radius 1 is 1.27 bits per heavy atom. The van der Waals surface area contributed by atoms with Crippen molar-refractivity contribution in [2.45, 2.75) is 31.8 Å². The van der Waals surface area contributed by atoms with Gasteiger partial charge in [0.15, 0.2) is 0 Å². The molecule has 2 aliphatic heterocycles. The molecule has 26 heavy (non-hydrogen) atoms. The molecule has 2 aliphatic rings. The lowest BCUT2D eigenvalue weighted by atomic mass is 9.68. The lowest BCUT2D eigenvalue weighted by Crippen LogP contribution is -2.54. The van der Waals surface area contributed by atoms with Crippen molar-refractivity contribution in [3.63, 3.8) is 0 Å². The minimum Gasteiger partial charge on any atom is -0.508 e. The monoisotopic (exact) mass is 356 g/mol. The number of hydrogen-bond donors (Lipinski definition) is 3. The molecule has 1 fully saturated rings. The lowest BCUT2D eigenvalue weighted by Gasteiger charge is -2.52. The molecule has 0 spiro atoms. The molecule has 3 heterocycles. The van der Waals surface area contributed by atoms with Crippen LogP contribution in [0, 0.1) is 11.8 Å². The van der Waals surface area contributed by atoms with Crippen molar-refractivity contribution in [2.75, 3.05) is 20.3 Å². The van der Waals surface area contributed by atoms with E-state index in [1.165, 1.54) is 11.3 Å². The number of allylic oxidation sites excluding steroid dienone is 1. The van der Waals surface area contributed by atoms with Crippen LogP contribution in [0.3, 0.4) is 0 Å². The van der Waals surface area contributed by atoms with E-state index in [0.717, 1.165) is 29.3 Å². The summed E-state index contributed by atoms with van der Waals surface area (Å²) < 4.78 is 2.26. The van der Waals surface area contributed by atoms with Crippen LogP contribution in [0.2, 0.25) is 0 Å². The van der Waals surface area contributed by atoms with Gasteiger partial charge in [0.2, 0.25) is 0 Å². The number of likely N-dealkylation sites (N-methyl/N-ethyl adjacent to an activating group) is 1. The van der Waals surface area contributed by atoms with Crippen LogP contribution in [0.25, 0.3) is 10.9 Å². The van der Waals surface area contributed by atoms with Gasteiger partial charge in [-0.1, -0.05) is 6.08 Å². The van der Waals surface area contributed by atoms with Crippen LogP contribution in [0.15, 0.2) is 29.8 Å². The minimum absolute atomic E-state index is 0.0522. The molecule has 140 valence electrons. The molecule has 0 saturated carbocycles. The Labute approximate surface area is 154 Å². The zero-order chi connectivity index (χ0) is 18.6. The fourth-order valence-electron chi connectivity index (χ4n) is 5.46. The molecular weight excluding hydrogens is 328 g/mol. The Morgan fingerprint density at radius 2 is 2.04 bits per heavy atom. The summed E-state index contributed by atoms with van der Waals surface area (Å²) in [6.45, 7) is 2.14. The standard InChI is InChI=1S/C21H28N2O3/c1-4-12(10-24)14-8-20-21-16(9-19(22(20)2)17(14)11-25)15-7-13(26)5-6-18(15)23(21)3/h4-7,14,17,19-20,24-26H,8-11H2,1-3H3/b12-4-/t14-,17?,19+,20+/m1/s1. The van der Waals surface area contributed by atoms with Gasteiger partial charge in [0.05, 0.1) is 12.6 Å². The average Bonchev–Trinajstić information content (AvgIpc) is 2.89. The number of rotatable bonds is 3. The molecule has 4 rings (SSSR count). The zero-order valence-corrected chi connectivity index (χ0v) is 15.7. The minimum atomic E-state index is 0.0522. The first-order valence-electron chi connectivity index (χ1n) is 9.40. The largest absolute Gasteiger partial charge is 0.508 e. The molecule has 0 aliphatic carbocycles. The quantitative estimate of drug-likeness (QED) is 0.739. The van der Waals surface area contributed by atoms with E-state index in [4.69, 9.17) is 0 Å². The van der Waals surface area contributed by atoms with E-state index in [1.807, 2.05) is 25.1 Å². The van der Waals surface area contributed by atoms with E-state index in [0.29, 0.717) is 5.75 Å². The second-order valence-electron chi connectivity index (χ2n) is 7.79. The lowest BCUT2D eigenvalue weighted by molar-refractivity contribution is -0.0103. The molecule has 5 heteroatoms. The first kappa shape index (κ1) is 17.6. The summed E-state index contributed by atoms with van der Waals surface area (Å²) in [6.07, 6.45) is 3.75. The number of phenols is 1. The number of hydrogen-bond acceptors (Lipinski definition) is 4. The van der Waals surface area contributed by atoms with Gasteiger partial charge in [0.1, 0.15) is 5.75 Å². The van der Waals surface area contributed by atoms with Gasteiger partial charge in [0, 0.05) is 42.2 Å². The number of aliphatic hydroxyl groups excluding tert-OH is 2. The normalized spacial score (nSPS) is 29.2. The average molecular weight is 356 g/mol. The predicted octanol–water partition coefficient (Wildman–Crippen LogP) is 2.35. The maximum Gasteiger partial charge on any atom is 0.116 e. The second-order valence-corrected chi connectivity index (χ2v) is 7.79. The predicted molar refractivity (Wildman–Crippen MR) is 102 cm³/mol. The number of aliphatic hydroxyl groups is 2. The Hall–Kier alpha value is -1.82. The molecule has 1 saturated heterocycles. The van der Waals surface area contributed by atoms with Gasteiger partial charge in [-0.25, -0.2) is 0 Å². The third kappa shape index (κ3) is 2.34. The van der Waals surface area contributed by atoms with Crippen molar-refractivity contribution in [1.82, 2.24) is 9.47 Å². The number of nitrogens with zero attached hydrogens (tertiary/aromatic N) is 2. The van der Waals surface area contributed by atoms with Crippen molar-refractivity contribution < 1.29 is 15.3 Å². The Bertz CT molecular complexity index is 870. The van der Waals surface area contributed by atoms with Crippen molar-refractivity contribution >= 4 is 10.9 Å². The molecule has 0 radical (unpaired) electrons. The number of phenolic OH excluding ortho intramolecular Hbond substituents is 1. The first-order chi connectivity index (χ1) is 12.5. The van der Waals surface area contributed by atoms with Gasteiger partial charge in [-0.05, 0) is 62.1 Å². The summed E-state index contributed by atoms with van der Waals surface area (Å²) in [5, 5.41) is 31.1. The van der Waals surface area contributed by atoms with Gasteiger partial charge in [-0.15, -0.1) is 0 Å². The molecule has 2 aromatic rings. The van der Waals surface area contributed by atoms with Crippen LogP contribution in [-0.4, -0.2) is 51.1 Å². The zero-order valence-electron chi connectivity index (χ0n) is 15.7.